The number of aryl methyl sites for hydroxylation is 1. The molecule has 9 aromatic rings. The van der Waals surface area contributed by atoms with Gasteiger partial charge in [-0.15, -0.1) is 0 Å². The Hall–Kier alpha value is -5.98. The first kappa shape index (κ1) is 29.9. The van der Waals surface area contributed by atoms with Gasteiger partial charge in [0.1, 0.15) is 0 Å². The molecule has 51 heavy (non-hydrogen) atoms. The summed E-state index contributed by atoms with van der Waals surface area (Å²) in [7, 11) is 0. The van der Waals surface area contributed by atoms with Crippen molar-refractivity contribution in [1.82, 2.24) is 0 Å². The van der Waals surface area contributed by atoms with Crippen LogP contribution >= 0.6 is 0 Å². The van der Waals surface area contributed by atoms with Crippen LogP contribution in [-0.2, 0) is 0 Å². The summed E-state index contributed by atoms with van der Waals surface area (Å²) in [6, 6.07) is 63.3. The van der Waals surface area contributed by atoms with Crippen LogP contribution in [-0.4, -0.2) is 0 Å². The Morgan fingerprint density at radius 3 is 1.53 bits per heavy atom. The van der Waals surface area contributed by atoms with Crippen LogP contribution in [0.4, 0.5) is 0 Å². The largest absolute Gasteiger partial charge is 0.0622 e. The summed E-state index contributed by atoms with van der Waals surface area (Å²) in [5, 5.41) is 7.89. The highest BCUT2D eigenvalue weighted by molar-refractivity contribution is 6.27. The molecule has 0 aliphatic heterocycles. The molecule has 1 fully saturated rings. The van der Waals surface area contributed by atoms with Gasteiger partial charge in [0, 0.05) is 0 Å². The summed E-state index contributed by atoms with van der Waals surface area (Å²) in [5.41, 5.74) is 15.9. The predicted octanol–water partition coefficient (Wildman–Crippen LogP) is 14.5. The molecule has 1 saturated carbocycles. The van der Waals surface area contributed by atoms with Gasteiger partial charge in [-0.1, -0.05) is 176 Å². The van der Waals surface area contributed by atoms with E-state index in [0.717, 1.165) is 0 Å². The van der Waals surface area contributed by atoms with E-state index in [2.05, 4.69) is 177 Å². The maximum absolute atomic E-state index is 2.35. The molecule has 0 aromatic heterocycles. The molecule has 0 nitrogen and oxygen atoms in total. The van der Waals surface area contributed by atoms with Gasteiger partial charge in [-0.05, 0) is 125 Å². The molecule has 0 bridgehead atoms. The summed E-state index contributed by atoms with van der Waals surface area (Å²) in [5.74, 6) is 0.623. The summed E-state index contributed by atoms with van der Waals surface area (Å²) >= 11 is 0. The van der Waals surface area contributed by atoms with Crippen LogP contribution in [0.25, 0.3) is 88.0 Å². The third kappa shape index (κ3) is 4.89. The molecule has 0 unspecified atom stereocenters. The van der Waals surface area contributed by atoms with Gasteiger partial charge in [-0.25, -0.2) is 0 Å². The molecular weight excluding hydrogens is 613 g/mol. The van der Waals surface area contributed by atoms with E-state index in [0.29, 0.717) is 5.92 Å². The van der Waals surface area contributed by atoms with E-state index in [1.807, 2.05) is 0 Å². The lowest BCUT2D eigenvalue weighted by atomic mass is 9.74. The molecule has 0 atom stereocenters. The van der Waals surface area contributed by atoms with Gasteiger partial charge >= 0.3 is 0 Å². The molecule has 0 heterocycles. The lowest BCUT2D eigenvalue weighted by Gasteiger charge is -2.31. The van der Waals surface area contributed by atoms with Crippen molar-refractivity contribution in [3.63, 3.8) is 0 Å². The first-order valence-corrected chi connectivity index (χ1v) is 18.4. The molecule has 1 aliphatic rings. The molecule has 0 N–H and O–H groups in total. The van der Waals surface area contributed by atoms with E-state index in [9.17, 15) is 0 Å². The Morgan fingerprint density at radius 1 is 0.353 bits per heavy atom. The minimum absolute atomic E-state index is 0.623. The highest BCUT2D eigenvalue weighted by atomic mass is 14.3. The standard InChI is InChI=1S/C51H38/c1-33-11-5-6-16-40(33)46-20-10-19-43(49(46)37-14-9-15-37)36-23-21-35(22-24-36)42-29-25-38-28-32-48-45(30-26-39-27-31-47(42)50(38)51(39)48)44-18-8-7-17-41(44)34-12-3-2-4-13-34/h2-8,10-13,16-32,37H,9,14-15H2,1H3. The zero-order chi connectivity index (χ0) is 33.9. The monoisotopic (exact) mass is 650 g/mol. The Morgan fingerprint density at radius 2 is 0.863 bits per heavy atom. The van der Waals surface area contributed by atoms with Crippen molar-refractivity contribution in [2.75, 3.05) is 0 Å². The van der Waals surface area contributed by atoms with Crippen molar-refractivity contribution in [2.45, 2.75) is 32.1 Å². The van der Waals surface area contributed by atoms with E-state index in [4.69, 9.17) is 0 Å². The van der Waals surface area contributed by atoms with Crippen LogP contribution in [0.15, 0.2) is 170 Å². The number of rotatable bonds is 6. The summed E-state index contributed by atoms with van der Waals surface area (Å²) in [6.07, 6.45) is 3.87. The minimum Gasteiger partial charge on any atom is -0.0622 e. The second-order valence-electron chi connectivity index (χ2n) is 14.3. The van der Waals surface area contributed by atoms with Crippen LogP contribution in [0.1, 0.15) is 36.3 Å². The van der Waals surface area contributed by atoms with Gasteiger partial charge in [0.2, 0.25) is 0 Å². The van der Waals surface area contributed by atoms with Crippen molar-refractivity contribution in [2.24, 2.45) is 0 Å². The van der Waals surface area contributed by atoms with Crippen LogP contribution < -0.4 is 0 Å². The minimum atomic E-state index is 0.623. The lowest BCUT2D eigenvalue weighted by molar-refractivity contribution is 0.421. The van der Waals surface area contributed by atoms with Crippen molar-refractivity contribution in [3.8, 4) is 55.6 Å². The fourth-order valence-electron chi connectivity index (χ4n) is 8.77. The quantitative estimate of drug-likeness (QED) is 0.157. The van der Waals surface area contributed by atoms with Gasteiger partial charge in [-0.3, -0.25) is 0 Å². The maximum Gasteiger partial charge on any atom is -0.00203 e. The third-order valence-electron chi connectivity index (χ3n) is 11.5. The molecule has 1 aliphatic carbocycles. The molecule has 0 saturated heterocycles. The molecule has 0 spiro atoms. The zero-order valence-electron chi connectivity index (χ0n) is 28.9. The molecule has 10 rings (SSSR count). The molecule has 0 radical (unpaired) electrons. The SMILES string of the molecule is Cc1ccccc1-c1cccc(-c2ccc(-c3ccc4ccc5c(-c6ccccc6-c6ccccc6)ccc6ccc3c4c65)cc2)c1C1CCC1. The van der Waals surface area contributed by atoms with Crippen molar-refractivity contribution in [1.29, 1.82) is 0 Å². The maximum atomic E-state index is 2.35. The van der Waals surface area contributed by atoms with Crippen LogP contribution in [0, 0.1) is 6.92 Å². The lowest BCUT2D eigenvalue weighted by Crippen LogP contribution is -2.11. The van der Waals surface area contributed by atoms with Gasteiger partial charge in [0.15, 0.2) is 0 Å². The Bertz CT molecular complexity index is 2710. The summed E-state index contributed by atoms with van der Waals surface area (Å²) in [6.45, 7) is 2.24. The molecular formula is C51H38. The second-order valence-corrected chi connectivity index (χ2v) is 14.3. The van der Waals surface area contributed by atoms with E-state index in [1.54, 1.807) is 0 Å². The van der Waals surface area contributed by atoms with Gasteiger partial charge in [0.05, 0.1) is 0 Å². The fraction of sp³-hybridized carbons (Fsp3) is 0.0980. The molecule has 242 valence electrons. The van der Waals surface area contributed by atoms with Gasteiger partial charge in [-0.2, -0.15) is 0 Å². The molecule has 0 amide bonds. The second kappa shape index (κ2) is 12.1. The first-order chi connectivity index (χ1) is 25.2. The van der Waals surface area contributed by atoms with E-state index in [1.165, 1.54) is 118 Å². The molecule has 0 heteroatoms. The van der Waals surface area contributed by atoms with Crippen LogP contribution in [0.3, 0.4) is 0 Å². The average molecular weight is 651 g/mol. The summed E-state index contributed by atoms with van der Waals surface area (Å²) < 4.78 is 0. The topological polar surface area (TPSA) is 0 Å². The van der Waals surface area contributed by atoms with Crippen LogP contribution in [0.2, 0.25) is 0 Å². The van der Waals surface area contributed by atoms with Crippen LogP contribution in [0.5, 0.6) is 0 Å². The Labute approximate surface area is 300 Å². The first-order valence-electron chi connectivity index (χ1n) is 18.4. The number of hydrogen-bond donors (Lipinski definition) is 0. The number of benzene rings is 9. The van der Waals surface area contributed by atoms with E-state index >= 15 is 0 Å². The van der Waals surface area contributed by atoms with Crippen molar-refractivity contribution in [3.05, 3.63) is 181 Å². The Kier molecular flexibility index (Phi) is 7.10. The van der Waals surface area contributed by atoms with Gasteiger partial charge < -0.3 is 0 Å². The highest BCUT2D eigenvalue weighted by Crippen LogP contribution is 2.48. The normalized spacial score (nSPS) is 13.3. The van der Waals surface area contributed by atoms with Gasteiger partial charge in [0.25, 0.3) is 0 Å². The smallest absolute Gasteiger partial charge is 0.00203 e. The third-order valence-corrected chi connectivity index (χ3v) is 11.5. The van der Waals surface area contributed by atoms with Crippen molar-refractivity contribution >= 4 is 32.3 Å². The predicted molar refractivity (Wildman–Crippen MR) is 219 cm³/mol. The number of hydrogen-bond acceptors (Lipinski definition) is 0. The Balaban J connectivity index is 1.10. The zero-order valence-corrected chi connectivity index (χ0v) is 28.9. The van der Waals surface area contributed by atoms with E-state index in [-0.39, 0.29) is 0 Å². The van der Waals surface area contributed by atoms with Crippen molar-refractivity contribution < 1.29 is 0 Å². The highest BCUT2D eigenvalue weighted by Gasteiger charge is 2.26. The average Bonchev–Trinajstić information content (AvgIpc) is 3.17. The fourth-order valence-corrected chi connectivity index (χ4v) is 8.77. The molecule has 9 aromatic carbocycles. The summed E-state index contributed by atoms with van der Waals surface area (Å²) in [4.78, 5) is 0. The van der Waals surface area contributed by atoms with E-state index < -0.39 is 0 Å².